The summed E-state index contributed by atoms with van der Waals surface area (Å²) in [6, 6.07) is 17.1. The second kappa shape index (κ2) is 9.40. The highest BCUT2D eigenvalue weighted by molar-refractivity contribution is 6.33. The minimum atomic E-state index is -0.0498. The summed E-state index contributed by atoms with van der Waals surface area (Å²) in [7, 11) is 1.63. The number of anilines is 1. The molecule has 0 unspecified atom stereocenters. The first-order valence-corrected chi connectivity index (χ1v) is 11.5. The second-order valence-electron chi connectivity index (χ2n) is 8.19. The Labute approximate surface area is 202 Å². The smallest absolute Gasteiger partial charge is 0.255 e. The van der Waals surface area contributed by atoms with Gasteiger partial charge >= 0.3 is 0 Å². The van der Waals surface area contributed by atoms with Crippen LogP contribution in [0.15, 0.2) is 54.6 Å². The van der Waals surface area contributed by atoms with Gasteiger partial charge in [-0.3, -0.25) is 4.79 Å². The van der Waals surface area contributed by atoms with Crippen molar-refractivity contribution in [2.24, 2.45) is 0 Å². The van der Waals surface area contributed by atoms with Gasteiger partial charge < -0.3 is 14.5 Å². The van der Waals surface area contributed by atoms with E-state index in [2.05, 4.69) is 4.90 Å². The normalized spacial score (nSPS) is 14.1. The van der Waals surface area contributed by atoms with E-state index in [9.17, 15) is 4.79 Å². The van der Waals surface area contributed by atoms with Crippen LogP contribution < -0.4 is 4.90 Å². The van der Waals surface area contributed by atoms with Crippen molar-refractivity contribution in [1.29, 1.82) is 0 Å². The molecule has 0 aliphatic carbocycles. The quantitative estimate of drug-likeness (QED) is 0.435. The van der Waals surface area contributed by atoms with E-state index in [1.54, 1.807) is 19.2 Å². The van der Waals surface area contributed by atoms with E-state index in [1.807, 2.05) is 59.0 Å². The van der Waals surface area contributed by atoms with Crippen molar-refractivity contribution in [2.75, 3.05) is 38.2 Å². The first-order valence-electron chi connectivity index (χ1n) is 11.2. The molecule has 1 saturated heterocycles. The fraction of sp³-hybridized carbons (Fsp3) is 0.280. The van der Waals surface area contributed by atoms with Gasteiger partial charge in [0.2, 0.25) is 0 Å². The van der Waals surface area contributed by atoms with Gasteiger partial charge in [0, 0.05) is 33.3 Å². The molecule has 9 heteroatoms. The Bertz CT molecular complexity index is 1330. The summed E-state index contributed by atoms with van der Waals surface area (Å²) in [5, 5.41) is 6.16. The average molecular weight is 477 g/mol. The van der Waals surface area contributed by atoms with Crippen molar-refractivity contribution in [3.05, 3.63) is 76.7 Å². The third-order valence-electron chi connectivity index (χ3n) is 5.97. The van der Waals surface area contributed by atoms with Crippen molar-refractivity contribution in [3.63, 3.8) is 0 Å². The molecule has 2 aromatic heterocycles. The predicted octanol–water partition coefficient (Wildman–Crippen LogP) is 3.89. The van der Waals surface area contributed by atoms with Gasteiger partial charge in [-0.1, -0.05) is 41.9 Å². The SMILES string of the molecule is COCc1nc(N2CCN(C(=O)c3ccccc3Cl)CC2)c2c(C)nn(-c3ccccc3)c2n1. The van der Waals surface area contributed by atoms with E-state index < -0.39 is 0 Å². The summed E-state index contributed by atoms with van der Waals surface area (Å²) in [5.74, 6) is 1.37. The highest BCUT2D eigenvalue weighted by atomic mass is 35.5. The van der Waals surface area contributed by atoms with Gasteiger partial charge in [0.1, 0.15) is 12.4 Å². The molecule has 5 rings (SSSR count). The molecule has 34 heavy (non-hydrogen) atoms. The first-order chi connectivity index (χ1) is 16.6. The van der Waals surface area contributed by atoms with Crippen LogP contribution in [0.1, 0.15) is 21.9 Å². The lowest BCUT2D eigenvalue weighted by Gasteiger charge is -2.36. The van der Waals surface area contributed by atoms with Crippen LogP contribution in [0.3, 0.4) is 0 Å². The fourth-order valence-corrected chi connectivity index (χ4v) is 4.52. The Morgan fingerprint density at radius 3 is 2.41 bits per heavy atom. The lowest BCUT2D eigenvalue weighted by Crippen LogP contribution is -2.49. The highest BCUT2D eigenvalue weighted by Gasteiger charge is 2.27. The van der Waals surface area contributed by atoms with Crippen molar-refractivity contribution in [3.8, 4) is 5.69 Å². The molecule has 0 bridgehead atoms. The molecule has 4 aromatic rings. The zero-order valence-electron chi connectivity index (χ0n) is 19.1. The number of piperazine rings is 1. The Morgan fingerprint density at radius 2 is 1.71 bits per heavy atom. The van der Waals surface area contributed by atoms with Crippen LogP contribution in [0.5, 0.6) is 0 Å². The zero-order chi connectivity index (χ0) is 23.7. The van der Waals surface area contributed by atoms with Crippen molar-refractivity contribution < 1.29 is 9.53 Å². The maximum Gasteiger partial charge on any atom is 0.255 e. The van der Waals surface area contributed by atoms with Crippen LogP contribution >= 0.6 is 11.6 Å². The standard InChI is InChI=1S/C25H25ClN6O2/c1-17-22-23(30-12-14-31(15-13-30)25(33)19-10-6-7-11-20(19)26)27-21(16-34-2)28-24(22)32(29-17)18-8-4-3-5-9-18/h3-11H,12-16H2,1-2H3. The van der Waals surface area contributed by atoms with E-state index >= 15 is 0 Å². The van der Waals surface area contributed by atoms with Gasteiger partial charge in [-0.2, -0.15) is 5.10 Å². The van der Waals surface area contributed by atoms with Crippen LogP contribution in [0.2, 0.25) is 5.02 Å². The van der Waals surface area contributed by atoms with Crippen LogP contribution in [0, 0.1) is 6.92 Å². The van der Waals surface area contributed by atoms with Crippen LogP contribution in [0.25, 0.3) is 16.7 Å². The molecule has 2 aromatic carbocycles. The molecule has 0 atom stereocenters. The number of ether oxygens (including phenoxy) is 1. The average Bonchev–Trinajstić information content (AvgIpc) is 3.20. The number of para-hydroxylation sites is 1. The van der Waals surface area contributed by atoms with Gasteiger partial charge in [-0.05, 0) is 31.2 Å². The van der Waals surface area contributed by atoms with E-state index in [4.69, 9.17) is 31.4 Å². The predicted molar refractivity (Wildman–Crippen MR) is 132 cm³/mol. The lowest BCUT2D eigenvalue weighted by molar-refractivity contribution is 0.0746. The second-order valence-corrected chi connectivity index (χ2v) is 8.59. The number of benzene rings is 2. The molecule has 1 fully saturated rings. The highest BCUT2D eigenvalue weighted by Crippen LogP contribution is 2.30. The Morgan fingerprint density at radius 1 is 1.00 bits per heavy atom. The van der Waals surface area contributed by atoms with Crippen LogP contribution in [-0.2, 0) is 11.3 Å². The van der Waals surface area contributed by atoms with Crippen LogP contribution in [-0.4, -0.2) is 63.8 Å². The monoisotopic (exact) mass is 476 g/mol. The summed E-state index contributed by atoms with van der Waals surface area (Å²) in [6.45, 7) is 4.70. The summed E-state index contributed by atoms with van der Waals surface area (Å²) < 4.78 is 7.20. The molecule has 1 aliphatic rings. The van der Waals surface area contributed by atoms with Crippen molar-refractivity contribution >= 4 is 34.4 Å². The summed E-state index contributed by atoms with van der Waals surface area (Å²) in [5.41, 5.74) is 3.07. The number of carbonyl (C=O) groups is 1. The Kier molecular flexibility index (Phi) is 6.17. The number of hydrogen-bond acceptors (Lipinski definition) is 6. The Hall–Kier alpha value is -3.49. The molecular weight excluding hydrogens is 452 g/mol. The fourth-order valence-electron chi connectivity index (χ4n) is 4.30. The Balaban J connectivity index is 1.47. The van der Waals surface area contributed by atoms with Crippen molar-refractivity contribution in [1.82, 2.24) is 24.6 Å². The molecule has 0 N–H and O–H groups in total. The van der Waals surface area contributed by atoms with Gasteiger partial charge in [0.05, 0.1) is 27.4 Å². The minimum absolute atomic E-state index is 0.0498. The summed E-state index contributed by atoms with van der Waals surface area (Å²) in [6.07, 6.45) is 0. The number of halogens is 1. The molecule has 3 heterocycles. The number of aryl methyl sites for hydroxylation is 1. The molecular formula is C25H25ClN6O2. The number of hydrogen-bond donors (Lipinski definition) is 0. The largest absolute Gasteiger partial charge is 0.377 e. The molecule has 0 saturated carbocycles. The molecule has 174 valence electrons. The number of rotatable bonds is 5. The van der Waals surface area contributed by atoms with Gasteiger partial charge in [0.25, 0.3) is 5.91 Å². The summed E-state index contributed by atoms with van der Waals surface area (Å²) in [4.78, 5) is 26.6. The number of methoxy groups -OCH3 is 1. The van der Waals surface area contributed by atoms with E-state index in [1.165, 1.54) is 0 Å². The van der Waals surface area contributed by atoms with Crippen molar-refractivity contribution in [2.45, 2.75) is 13.5 Å². The van der Waals surface area contributed by atoms with Gasteiger partial charge in [-0.25, -0.2) is 14.6 Å². The van der Waals surface area contributed by atoms with E-state index in [-0.39, 0.29) is 5.91 Å². The lowest BCUT2D eigenvalue weighted by atomic mass is 10.1. The number of amides is 1. The van der Waals surface area contributed by atoms with Gasteiger partial charge in [0.15, 0.2) is 11.5 Å². The topological polar surface area (TPSA) is 76.4 Å². The van der Waals surface area contributed by atoms with Crippen LogP contribution in [0.4, 0.5) is 5.82 Å². The third-order valence-corrected chi connectivity index (χ3v) is 6.30. The van der Waals surface area contributed by atoms with Gasteiger partial charge in [-0.15, -0.1) is 0 Å². The number of nitrogens with zero attached hydrogens (tertiary/aromatic N) is 6. The number of carbonyl (C=O) groups excluding carboxylic acids is 1. The van der Waals surface area contributed by atoms with E-state index in [0.29, 0.717) is 49.2 Å². The third kappa shape index (κ3) is 4.10. The zero-order valence-corrected chi connectivity index (χ0v) is 19.9. The summed E-state index contributed by atoms with van der Waals surface area (Å²) >= 11 is 6.25. The number of aromatic nitrogens is 4. The molecule has 8 nitrogen and oxygen atoms in total. The molecule has 0 spiro atoms. The molecule has 1 aliphatic heterocycles. The molecule has 0 radical (unpaired) electrons. The molecule has 1 amide bonds. The minimum Gasteiger partial charge on any atom is -0.377 e. The first kappa shape index (κ1) is 22.3. The maximum atomic E-state index is 13.0. The van der Waals surface area contributed by atoms with E-state index in [0.717, 1.165) is 28.2 Å². The maximum absolute atomic E-state index is 13.0. The number of fused-ring (bicyclic) bond motifs is 1.